The lowest BCUT2D eigenvalue weighted by Crippen LogP contribution is -2.31. The van der Waals surface area contributed by atoms with Crippen molar-refractivity contribution in [3.8, 4) is 5.75 Å². The average Bonchev–Trinajstić information content (AvgIpc) is 2.24. The number of hydrogen-bond donors (Lipinski definition) is 3. The van der Waals surface area contributed by atoms with Gasteiger partial charge in [-0.25, -0.2) is 0 Å². The Hall–Kier alpha value is -0.580. The van der Waals surface area contributed by atoms with Crippen LogP contribution in [0.3, 0.4) is 0 Å². The normalized spacial score (nSPS) is 12.7. The number of phenols is 1. The first-order chi connectivity index (χ1) is 7.17. The van der Waals surface area contributed by atoms with Crippen molar-refractivity contribution < 1.29 is 10.2 Å². The van der Waals surface area contributed by atoms with Crippen LogP contribution in [-0.4, -0.2) is 22.9 Å². The monoisotopic (exact) mass is 273 g/mol. The first-order valence-electron chi connectivity index (χ1n) is 4.99. The van der Waals surface area contributed by atoms with Crippen LogP contribution in [-0.2, 0) is 6.54 Å². The maximum absolute atomic E-state index is 9.32. The third-order valence-electron chi connectivity index (χ3n) is 2.32. The summed E-state index contributed by atoms with van der Waals surface area (Å²) >= 11 is 3.41. The molecule has 0 aromatic heterocycles. The number of hydrogen-bond acceptors (Lipinski definition) is 3. The molecular formula is C11H16BrNO2. The Labute approximate surface area is 98.3 Å². The fourth-order valence-corrected chi connectivity index (χ4v) is 1.68. The molecule has 0 saturated carbocycles. The molecule has 15 heavy (non-hydrogen) atoms. The number of rotatable bonds is 5. The molecule has 0 radical (unpaired) electrons. The Morgan fingerprint density at radius 3 is 2.80 bits per heavy atom. The minimum atomic E-state index is 0.110. The van der Waals surface area contributed by atoms with E-state index in [2.05, 4.69) is 21.2 Å². The van der Waals surface area contributed by atoms with Gasteiger partial charge < -0.3 is 15.5 Å². The van der Waals surface area contributed by atoms with E-state index in [9.17, 15) is 5.11 Å². The number of aliphatic hydroxyl groups is 1. The van der Waals surface area contributed by atoms with Crippen molar-refractivity contribution in [1.82, 2.24) is 5.32 Å². The summed E-state index contributed by atoms with van der Waals surface area (Å²) in [5, 5.41) is 21.5. The summed E-state index contributed by atoms with van der Waals surface area (Å²) in [5.41, 5.74) is 0.988. The van der Waals surface area contributed by atoms with E-state index >= 15 is 0 Å². The molecule has 1 atom stereocenters. The molecule has 0 spiro atoms. The van der Waals surface area contributed by atoms with Crippen LogP contribution in [0.1, 0.15) is 18.9 Å². The number of phenolic OH excluding ortho intramolecular Hbond substituents is 1. The van der Waals surface area contributed by atoms with Crippen molar-refractivity contribution in [2.75, 3.05) is 6.61 Å². The molecule has 0 bridgehead atoms. The molecule has 0 heterocycles. The summed E-state index contributed by atoms with van der Waals surface area (Å²) in [4.78, 5) is 0. The van der Waals surface area contributed by atoms with E-state index in [-0.39, 0.29) is 18.4 Å². The number of nitrogens with one attached hydrogen (secondary N) is 1. The van der Waals surface area contributed by atoms with Crippen molar-refractivity contribution in [3.63, 3.8) is 0 Å². The quantitative estimate of drug-likeness (QED) is 0.770. The number of halogens is 1. The van der Waals surface area contributed by atoms with E-state index in [1.165, 1.54) is 0 Å². The highest BCUT2D eigenvalue weighted by Gasteiger charge is 2.05. The van der Waals surface area contributed by atoms with Gasteiger partial charge in [-0.1, -0.05) is 22.9 Å². The molecule has 1 aromatic rings. The van der Waals surface area contributed by atoms with Gasteiger partial charge in [-0.3, -0.25) is 0 Å². The lowest BCUT2D eigenvalue weighted by molar-refractivity contribution is 0.238. The fraction of sp³-hybridized carbons (Fsp3) is 0.455. The first kappa shape index (κ1) is 12.5. The van der Waals surface area contributed by atoms with Gasteiger partial charge in [0.15, 0.2) is 0 Å². The lowest BCUT2D eigenvalue weighted by atomic mass is 10.2. The summed E-state index contributed by atoms with van der Waals surface area (Å²) in [6.45, 7) is 2.78. The van der Waals surface area contributed by atoms with Crippen LogP contribution >= 0.6 is 15.9 Å². The van der Waals surface area contributed by atoms with Gasteiger partial charge in [-0.05, 0) is 30.2 Å². The molecule has 1 aromatic carbocycles. The van der Waals surface area contributed by atoms with Crippen LogP contribution in [0, 0.1) is 0 Å². The van der Waals surface area contributed by atoms with Gasteiger partial charge in [-0.15, -0.1) is 0 Å². The molecule has 0 amide bonds. The molecule has 3 N–H and O–H groups in total. The van der Waals surface area contributed by atoms with Crippen LogP contribution in [0.25, 0.3) is 0 Å². The highest BCUT2D eigenvalue weighted by Crippen LogP contribution is 2.21. The molecule has 84 valence electrons. The Morgan fingerprint density at radius 1 is 1.47 bits per heavy atom. The van der Waals surface area contributed by atoms with Gasteiger partial charge >= 0.3 is 0 Å². The summed E-state index contributed by atoms with van der Waals surface area (Å²) in [7, 11) is 0. The average molecular weight is 274 g/mol. The van der Waals surface area contributed by atoms with Crippen molar-refractivity contribution in [2.45, 2.75) is 25.9 Å². The summed E-state index contributed by atoms with van der Waals surface area (Å²) in [5.74, 6) is 0.257. The zero-order chi connectivity index (χ0) is 11.3. The molecule has 0 aliphatic heterocycles. The highest BCUT2D eigenvalue weighted by molar-refractivity contribution is 9.10. The largest absolute Gasteiger partial charge is 0.508 e. The van der Waals surface area contributed by atoms with Gasteiger partial charge in [0.2, 0.25) is 0 Å². The van der Waals surface area contributed by atoms with Crippen LogP contribution in [0.2, 0.25) is 0 Å². The standard InChI is InChI=1S/C11H16BrNO2/c1-2-9(7-14)13-6-8-5-10(15)3-4-11(8)12/h3-5,9,13-15H,2,6-7H2,1H3/t9-/m1/s1. The lowest BCUT2D eigenvalue weighted by Gasteiger charge is -2.14. The minimum absolute atomic E-state index is 0.110. The van der Waals surface area contributed by atoms with Crippen LogP contribution < -0.4 is 5.32 Å². The topological polar surface area (TPSA) is 52.5 Å². The molecule has 0 saturated heterocycles. The number of benzene rings is 1. The van der Waals surface area contributed by atoms with E-state index < -0.39 is 0 Å². The van der Waals surface area contributed by atoms with Crippen molar-refractivity contribution in [3.05, 3.63) is 28.2 Å². The molecule has 0 fully saturated rings. The molecule has 1 rings (SSSR count). The molecule has 0 aliphatic rings. The van der Waals surface area contributed by atoms with E-state index in [4.69, 9.17) is 5.11 Å². The maximum Gasteiger partial charge on any atom is 0.115 e. The second-order valence-electron chi connectivity index (χ2n) is 3.44. The minimum Gasteiger partial charge on any atom is -0.508 e. The zero-order valence-corrected chi connectivity index (χ0v) is 10.3. The van der Waals surface area contributed by atoms with Crippen LogP contribution in [0.4, 0.5) is 0 Å². The van der Waals surface area contributed by atoms with E-state index in [1.807, 2.05) is 13.0 Å². The van der Waals surface area contributed by atoms with Gasteiger partial charge in [0.05, 0.1) is 6.61 Å². The Morgan fingerprint density at radius 2 is 2.20 bits per heavy atom. The SMILES string of the molecule is CC[C@H](CO)NCc1cc(O)ccc1Br. The Kier molecular flexibility index (Phi) is 5.08. The van der Waals surface area contributed by atoms with Gasteiger partial charge in [0, 0.05) is 17.1 Å². The van der Waals surface area contributed by atoms with E-state index in [0.29, 0.717) is 6.54 Å². The zero-order valence-electron chi connectivity index (χ0n) is 8.70. The summed E-state index contributed by atoms with van der Waals surface area (Å²) < 4.78 is 0.959. The van der Waals surface area contributed by atoms with Gasteiger partial charge in [-0.2, -0.15) is 0 Å². The number of aliphatic hydroxyl groups excluding tert-OH is 1. The predicted octanol–water partition coefficient (Wildman–Crippen LogP) is 2.02. The second-order valence-corrected chi connectivity index (χ2v) is 4.30. The molecule has 3 nitrogen and oxygen atoms in total. The van der Waals surface area contributed by atoms with Crippen LogP contribution in [0.5, 0.6) is 5.75 Å². The van der Waals surface area contributed by atoms with Crippen molar-refractivity contribution >= 4 is 15.9 Å². The van der Waals surface area contributed by atoms with E-state index in [0.717, 1.165) is 16.5 Å². The third kappa shape index (κ3) is 3.81. The van der Waals surface area contributed by atoms with E-state index in [1.54, 1.807) is 12.1 Å². The Balaban J connectivity index is 2.60. The second kappa shape index (κ2) is 6.10. The maximum atomic E-state index is 9.32. The van der Waals surface area contributed by atoms with Crippen LogP contribution in [0.15, 0.2) is 22.7 Å². The smallest absolute Gasteiger partial charge is 0.115 e. The highest BCUT2D eigenvalue weighted by atomic mass is 79.9. The first-order valence-corrected chi connectivity index (χ1v) is 5.78. The van der Waals surface area contributed by atoms with Crippen molar-refractivity contribution in [2.24, 2.45) is 0 Å². The van der Waals surface area contributed by atoms with Crippen molar-refractivity contribution in [1.29, 1.82) is 0 Å². The number of aromatic hydroxyl groups is 1. The molecule has 4 heteroatoms. The van der Waals surface area contributed by atoms with Gasteiger partial charge in [0.25, 0.3) is 0 Å². The third-order valence-corrected chi connectivity index (χ3v) is 3.10. The van der Waals surface area contributed by atoms with Gasteiger partial charge in [0.1, 0.15) is 5.75 Å². The summed E-state index contributed by atoms with van der Waals surface area (Å²) in [6, 6.07) is 5.27. The molecule has 0 unspecified atom stereocenters. The Bertz CT molecular complexity index is 313. The summed E-state index contributed by atoms with van der Waals surface area (Å²) in [6.07, 6.45) is 0.882. The molecular weight excluding hydrogens is 258 g/mol. The predicted molar refractivity (Wildman–Crippen MR) is 63.8 cm³/mol. The fourth-order valence-electron chi connectivity index (χ4n) is 1.29. The molecule has 0 aliphatic carbocycles.